The lowest BCUT2D eigenvalue weighted by atomic mass is 10.0. The Labute approximate surface area is 150 Å². The fraction of sp³-hybridized carbons (Fsp3) is 0.316. The lowest BCUT2D eigenvalue weighted by Gasteiger charge is -2.30. The SMILES string of the molecule is N#Cc1ccc(N2CCCC2c2cccc3c2OCCO3)c([N+](=O)[O-])c1. The number of nitro benzene ring substituents is 1. The zero-order valence-corrected chi connectivity index (χ0v) is 14.1. The second-order valence-corrected chi connectivity index (χ2v) is 6.30. The topological polar surface area (TPSA) is 88.6 Å². The molecule has 2 heterocycles. The van der Waals surface area contributed by atoms with E-state index in [1.54, 1.807) is 12.1 Å². The summed E-state index contributed by atoms with van der Waals surface area (Å²) < 4.78 is 11.5. The van der Waals surface area contributed by atoms with Crippen molar-refractivity contribution < 1.29 is 14.4 Å². The highest BCUT2D eigenvalue weighted by Gasteiger charge is 2.34. The number of fused-ring (bicyclic) bond motifs is 1. The Morgan fingerprint density at radius 1 is 1.23 bits per heavy atom. The normalized spacial score (nSPS) is 18.4. The van der Waals surface area contributed by atoms with Crippen LogP contribution in [0.3, 0.4) is 0 Å². The van der Waals surface area contributed by atoms with Gasteiger partial charge < -0.3 is 14.4 Å². The van der Waals surface area contributed by atoms with Gasteiger partial charge >= 0.3 is 0 Å². The molecule has 7 nitrogen and oxygen atoms in total. The van der Waals surface area contributed by atoms with Crippen molar-refractivity contribution in [1.82, 2.24) is 0 Å². The van der Waals surface area contributed by atoms with Crippen LogP contribution in [0.4, 0.5) is 11.4 Å². The molecule has 1 atom stereocenters. The Hall–Kier alpha value is -3.27. The molecule has 0 bridgehead atoms. The van der Waals surface area contributed by atoms with Crippen LogP contribution in [0.1, 0.15) is 30.0 Å². The summed E-state index contributed by atoms with van der Waals surface area (Å²) in [6, 6.07) is 12.4. The maximum absolute atomic E-state index is 11.5. The molecular weight excluding hydrogens is 334 g/mol. The first-order valence-electron chi connectivity index (χ1n) is 8.52. The van der Waals surface area contributed by atoms with E-state index < -0.39 is 4.92 Å². The molecule has 0 radical (unpaired) electrons. The summed E-state index contributed by atoms with van der Waals surface area (Å²) in [6.45, 7) is 1.72. The van der Waals surface area contributed by atoms with E-state index in [0.29, 0.717) is 25.4 Å². The molecule has 4 rings (SSSR count). The molecule has 2 aliphatic rings. The third-order valence-corrected chi connectivity index (χ3v) is 4.82. The highest BCUT2D eigenvalue weighted by atomic mass is 16.6. The molecule has 1 unspecified atom stereocenters. The van der Waals surface area contributed by atoms with Gasteiger partial charge in [0, 0.05) is 18.2 Å². The van der Waals surface area contributed by atoms with E-state index in [-0.39, 0.29) is 17.3 Å². The van der Waals surface area contributed by atoms with Crippen molar-refractivity contribution in [3.05, 3.63) is 57.6 Å². The molecule has 0 saturated carbocycles. The molecule has 7 heteroatoms. The Morgan fingerprint density at radius 3 is 2.88 bits per heavy atom. The minimum absolute atomic E-state index is 0.0294. The average Bonchev–Trinajstić information content (AvgIpc) is 3.16. The minimum atomic E-state index is -0.425. The van der Waals surface area contributed by atoms with Crippen LogP contribution in [-0.2, 0) is 0 Å². The van der Waals surface area contributed by atoms with Gasteiger partial charge in [0.2, 0.25) is 0 Å². The van der Waals surface area contributed by atoms with E-state index in [1.165, 1.54) is 6.07 Å². The maximum Gasteiger partial charge on any atom is 0.293 e. The zero-order chi connectivity index (χ0) is 18.1. The summed E-state index contributed by atoms with van der Waals surface area (Å²) in [5, 5.41) is 20.6. The fourth-order valence-electron chi connectivity index (χ4n) is 3.72. The first kappa shape index (κ1) is 16.2. The van der Waals surface area contributed by atoms with Gasteiger partial charge in [-0.3, -0.25) is 10.1 Å². The van der Waals surface area contributed by atoms with Crippen LogP contribution in [0.5, 0.6) is 11.5 Å². The van der Waals surface area contributed by atoms with Crippen molar-refractivity contribution in [2.24, 2.45) is 0 Å². The van der Waals surface area contributed by atoms with Crippen molar-refractivity contribution in [3.63, 3.8) is 0 Å². The van der Waals surface area contributed by atoms with E-state index in [4.69, 9.17) is 14.7 Å². The Kier molecular flexibility index (Phi) is 4.09. The molecule has 0 spiro atoms. The van der Waals surface area contributed by atoms with Gasteiger partial charge in [0.25, 0.3) is 5.69 Å². The first-order chi connectivity index (χ1) is 12.7. The highest BCUT2D eigenvalue weighted by Crippen LogP contribution is 2.46. The van der Waals surface area contributed by atoms with Crippen LogP contribution in [0.15, 0.2) is 36.4 Å². The quantitative estimate of drug-likeness (QED) is 0.620. The summed E-state index contributed by atoms with van der Waals surface area (Å²) in [5.74, 6) is 1.45. The predicted molar refractivity (Wildman–Crippen MR) is 94.6 cm³/mol. The number of para-hydroxylation sites is 1. The van der Waals surface area contributed by atoms with Crippen LogP contribution >= 0.6 is 0 Å². The number of hydrogen-bond donors (Lipinski definition) is 0. The third-order valence-electron chi connectivity index (χ3n) is 4.82. The molecule has 1 fully saturated rings. The van der Waals surface area contributed by atoms with E-state index in [1.807, 2.05) is 29.2 Å². The van der Waals surface area contributed by atoms with Crippen LogP contribution < -0.4 is 14.4 Å². The molecule has 0 amide bonds. The smallest absolute Gasteiger partial charge is 0.293 e. The number of nitrogens with zero attached hydrogens (tertiary/aromatic N) is 3. The fourth-order valence-corrected chi connectivity index (χ4v) is 3.72. The second kappa shape index (κ2) is 6.56. The first-order valence-corrected chi connectivity index (χ1v) is 8.52. The van der Waals surface area contributed by atoms with Gasteiger partial charge in [0.1, 0.15) is 18.9 Å². The molecular formula is C19H17N3O4. The molecule has 0 aliphatic carbocycles. The lowest BCUT2D eigenvalue weighted by molar-refractivity contribution is -0.384. The van der Waals surface area contributed by atoms with E-state index in [9.17, 15) is 10.1 Å². The van der Waals surface area contributed by atoms with Crippen LogP contribution in [0, 0.1) is 21.4 Å². The summed E-state index contributed by atoms with van der Waals surface area (Å²) >= 11 is 0. The highest BCUT2D eigenvalue weighted by molar-refractivity contribution is 5.68. The van der Waals surface area contributed by atoms with E-state index in [2.05, 4.69) is 0 Å². The predicted octanol–water partition coefficient (Wildman–Crippen LogP) is 3.58. The Bertz CT molecular complexity index is 906. The lowest BCUT2D eigenvalue weighted by Crippen LogP contribution is -2.25. The van der Waals surface area contributed by atoms with Crippen LogP contribution in [0.2, 0.25) is 0 Å². The van der Waals surface area contributed by atoms with Crippen molar-refractivity contribution in [2.45, 2.75) is 18.9 Å². The summed E-state index contributed by atoms with van der Waals surface area (Å²) in [6.07, 6.45) is 1.79. The molecule has 2 aromatic carbocycles. The number of hydrogen-bond acceptors (Lipinski definition) is 6. The minimum Gasteiger partial charge on any atom is -0.486 e. The van der Waals surface area contributed by atoms with Crippen LogP contribution in [-0.4, -0.2) is 24.7 Å². The average molecular weight is 351 g/mol. The van der Waals surface area contributed by atoms with Gasteiger partial charge in [-0.1, -0.05) is 12.1 Å². The molecule has 2 aliphatic heterocycles. The van der Waals surface area contributed by atoms with Crippen molar-refractivity contribution in [2.75, 3.05) is 24.7 Å². The monoisotopic (exact) mass is 351 g/mol. The summed E-state index contributed by atoms with van der Waals surface area (Å²) in [5.41, 5.74) is 1.76. The summed E-state index contributed by atoms with van der Waals surface area (Å²) in [7, 11) is 0. The van der Waals surface area contributed by atoms with Gasteiger partial charge in [-0.2, -0.15) is 5.26 Å². The van der Waals surface area contributed by atoms with E-state index in [0.717, 1.165) is 29.9 Å². The van der Waals surface area contributed by atoms with Gasteiger partial charge in [-0.05, 0) is 31.0 Å². The zero-order valence-electron chi connectivity index (χ0n) is 14.1. The Balaban J connectivity index is 1.77. The molecule has 132 valence electrons. The molecule has 0 aromatic heterocycles. The van der Waals surface area contributed by atoms with Gasteiger partial charge in [0.05, 0.1) is 22.6 Å². The number of ether oxygens (including phenoxy) is 2. The van der Waals surface area contributed by atoms with Crippen molar-refractivity contribution >= 4 is 11.4 Å². The standard InChI is InChI=1S/C19H17N3O4/c20-12-13-6-7-16(17(11-13)22(23)24)21-8-2-4-15(21)14-3-1-5-18-19(14)26-10-9-25-18/h1,3,5-7,11,15H,2,4,8-10H2. The Morgan fingerprint density at radius 2 is 2.08 bits per heavy atom. The number of nitro groups is 1. The molecule has 26 heavy (non-hydrogen) atoms. The summed E-state index contributed by atoms with van der Waals surface area (Å²) in [4.78, 5) is 13.2. The molecule has 1 saturated heterocycles. The van der Waals surface area contributed by atoms with Gasteiger partial charge in [-0.15, -0.1) is 0 Å². The molecule has 0 N–H and O–H groups in total. The number of rotatable bonds is 3. The number of nitriles is 1. The van der Waals surface area contributed by atoms with Gasteiger partial charge in [0.15, 0.2) is 11.5 Å². The number of anilines is 1. The third kappa shape index (κ3) is 2.69. The van der Waals surface area contributed by atoms with Crippen LogP contribution in [0.25, 0.3) is 0 Å². The van der Waals surface area contributed by atoms with Crippen molar-refractivity contribution in [1.29, 1.82) is 5.26 Å². The second-order valence-electron chi connectivity index (χ2n) is 6.30. The largest absolute Gasteiger partial charge is 0.486 e. The van der Waals surface area contributed by atoms with Crippen molar-refractivity contribution in [3.8, 4) is 17.6 Å². The maximum atomic E-state index is 11.5. The van der Waals surface area contributed by atoms with E-state index >= 15 is 0 Å². The number of benzene rings is 2. The molecule has 2 aromatic rings. The van der Waals surface area contributed by atoms with Gasteiger partial charge in [-0.25, -0.2) is 0 Å².